The normalized spacial score (nSPS) is 14.2. The van der Waals surface area contributed by atoms with E-state index in [9.17, 15) is 0 Å². The predicted molar refractivity (Wildman–Crippen MR) is 85.8 cm³/mol. The Bertz CT molecular complexity index is 607. The zero-order valence-corrected chi connectivity index (χ0v) is 12.7. The third-order valence-electron chi connectivity index (χ3n) is 3.73. The summed E-state index contributed by atoms with van der Waals surface area (Å²) in [4.78, 5) is 11.3. The molecule has 0 radical (unpaired) electrons. The van der Waals surface area contributed by atoms with Gasteiger partial charge in [0.05, 0.1) is 11.9 Å². The van der Waals surface area contributed by atoms with Gasteiger partial charge in [0, 0.05) is 31.0 Å². The number of aryl methyl sites for hydroxylation is 1. The second-order valence-electron chi connectivity index (χ2n) is 5.61. The Kier molecular flexibility index (Phi) is 4.15. The lowest BCUT2D eigenvalue weighted by atomic mass is 10.2. The molecule has 1 aromatic heterocycles. The van der Waals surface area contributed by atoms with Crippen molar-refractivity contribution in [2.45, 2.75) is 39.3 Å². The summed E-state index contributed by atoms with van der Waals surface area (Å²) in [5.74, 6) is 0.915. The molecule has 1 aliphatic carbocycles. The lowest BCUT2D eigenvalue weighted by Gasteiger charge is -2.22. The summed E-state index contributed by atoms with van der Waals surface area (Å²) in [6.45, 7) is 5.92. The van der Waals surface area contributed by atoms with E-state index in [2.05, 4.69) is 53.3 Å². The minimum atomic E-state index is 0.689. The van der Waals surface area contributed by atoms with E-state index < -0.39 is 0 Å². The second-order valence-corrected chi connectivity index (χ2v) is 5.61. The van der Waals surface area contributed by atoms with Gasteiger partial charge in [-0.3, -0.25) is 4.98 Å². The van der Waals surface area contributed by atoms with Crippen molar-refractivity contribution in [3.63, 3.8) is 0 Å². The van der Waals surface area contributed by atoms with E-state index in [1.807, 2.05) is 12.4 Å². The first-order valence-corrected chi connectivity index (χ1v) is 7.65. The monoisotopic (exact) mass is 282 g/mol. The van der Waals surface area contributed by atoms with Crippen molar-refractivity contribution in [1.29, 1.82) is 0 Å². The van der Waals surface area contributed by atoms with E-state index in [-0.39, 0.29) is 0 Å². The fourth-order valence-corrected chi connectivity index (χ4v) is 2.42. The van der Waals surface area contributed by atoms with Crippen LogP contribution in [0.3, 0.4) is 0 Å². The molecule has 1 N–H and O–H groups in total. The van der Waals surface area contributed by atoms with Crippen molar-refractivity contribution in [2.24, 2.45) is 0 Å². The minimum absolute atomic E-state index is 0.689. The van der Waals surface area contributed by atoms with Gasteiger partial charge in [-0.2, -0.15) is 0 Å². The molecule has 110 valence electrons. The van der Waals surface area contributed by atoms with Gasteiger partial charge in [-0.25, -0.2) is 4.98 Å². The van der Waals surface area contributed by atoms with Crippen molar-refractivity contribution in [3.05, 3.63) is 47.9 Å². The molecular formula is C17H22N4. The smallest absolute Gasteiger partial charge is 0.151 e. The molecule has 1 saturated carbocycles. The average Bonchev–Trinajstić information content (AvgIpc) is 3.31. The van der Waals surface area contributed by atoms with Gasteiger partial charge in [-0.1, -0.05) is 12.1 Å². The van der Waals surface area contributed by atoms with Crippen LogP contribution in [0.1, 0.15) is 31.0 Å². The first-order chi connectivity index (χ1) is 10.3. The first kappa shape index (κ1) is 14.0. The molecule has 0 unspecified atom stereocenters. The van der Waals surface area contributed by atoms with Crippen LogP contribution in [0.2, 0.25) is 0 Å². The van der Waals surface area contributed by atoms with Crippen LogP contribution in [0.15, 0.2) is 36.7 Å². The summed E-state index contributed by atoms with van der Waals surface area (Å²) in [5.41, 5.74) is 3.43. The molecule has 0 bridgehead atoms. The summed E-state index contributed by atoms with van der Waals surface area (Å²) in [6, 6.07) is 9.18. The lowest BCUT2D eigenvalue weighted by Crippen LogP contribution is -2.20. The highest BCUT2D eigenvalue weighted by Crippen LogP contribution is 2.24. The Balaban J connectivity index is 1.80. The minimum Gasteiger partial charge on any atom is -0.325 e. The van der Waals surface area contributed by atoms with Crippen molar-refractivity contribution < 1.29 is 0 Å². The number of hydrogen-bond donors (Lipinski definition) is 1. The van der Waals surface area contributed by atoms with Crippen molar-refractivity contribution in [1.82, 2.24) is 15.3 Å². The molecule has 4 heteroatoms. The maximum absolute atomic E-state index is 4.75. The molecule has 3 rings (SSSR count). The van der Waals surface area contributed by atoms with Crippen molar-refractivity contribution >= 4 is 11.5 Å². The van der Waals surface area contributed by atoms with Gasteiger partial charge in [-0.15, -0.1) is 0 Å². The third-order valence-corrected chi connectivity index (χ3v) is 3.73. The van der Waals surface area contributed by atoms with Gasteiger partial charge < -0.3 is 10.2 Å². The van der Waals surface area contributed by atoms with Crippen LogP contribution in [0, 0.1) is 6.92 Å². The zero-order valence-electron chi connectivity index (χ0n) is 12.7. The Morgan fingerprint density at radius 1 is 1.29 bits per heavy atom. The Morgan fingerprint density at radius 3 is 2.86 bits per heavy atom. The quantitative estimate of drug-likeness (QED) is 0.883. The fourth-order valence-electron chi connectivity index (χ4n) is 2.42. The molecule has 1 aromatic carbocycles. The van der Waals surface area contributed by atoms with Crippen molar-refractivity contribution in [3.8, 4) is 0 Å². The number of hydrogen-bond acceptors (Lipinski definition) is 4. The summed E-state index contributed by atoms with van der Waals surface area (Å²) >= 11 is 0. The van der Waals surface area contributed by atoms with Crippen LogP contribution in [0.25, 0.3) is 0 Å². The Labute approximate surface area is 126 Å². The van der Waals surface area contributed by atoms with Crippen LogP contribution >= 0.6 is 0 Å². The molecule has 0 amide bonds. The third kappa shape index (κ3) is 3.58. The average molecular weight is 282 g/mol. The number of benzene rings is 1. The molecule has 0 aliphatic heterocycles. The number of anilines is 2. The predicted octanol–water partition coefficient (Wildman–Crippen LogP) is 3.20. The molecule has 0 atom stereocenters. The highest BCUT2D eigenvalue weighted by molar-refractivity contribution is 5.59. The lowest BCUT2D eigenvalue weighted by molar-refractivity contribution is 0.671. The van der Waals surface area contributed by atoms with Gasteiger partial charge in [0.15, 0.2) is 5.82 Å². The first-order valence-electron chi connectivity index (χ1n) is 7.65. The topological polar surface area (TPSA) is 41.1 Å². The fraction of sp³-hybridized carbons (Fsp3) is 0.412. The van der Waals surface area contributed by atoms with E-state index in [1.165, 1.54) is 24.1 Å². The molecule has 0 spiro atoms. The van der Waals surface area contributed by atoms with E-state index in [0.29, 0.717) is 6.04 Å². The van der Waals surface area contributed by atoms with E-state index in [4.69, 9.17) is 4.98 Å². The van der Waals surface area contributed by atoms with Crippen LogP contribution in [-0.4, -0.2) is 22.6 Å². The summed E-state index contributed by atoms with van der Waals surface area (Å²) < 4.78 is 0. The summed E-state index contributed by atoms with van der Waals surface area (Å²) in [7, 11) is 0. The van der Waals surface area contributed by atoms with Gasteiger partial charge in [0.2, 0.25) is 0 Å². The second kappa shape index (κ2) is 6.22. The molecule has 0 saturated heterocycles. The van der Waals surface area contributed by atoms with Crippen LogP contribution in [0.4, 0.5) is 11.5 Å². The number of nitrogens with zero attached hydrogens (tertiary/aromatic N) is 3. The molecular weight excluding hydrogens is 260 g/mol. The number of nitrogens with one attached hydrogen (secondary N) is 1. The molecule has 1 heterocycles. The molecule has 4 nitrogen and oxygen atoms in total. The van der Waals surface area contributed by atoms with E-state index in [1.54, 1.807) is 0 Å². The van der Waals surface area contributed by atoms with Crippen molar-refractivity contribution in [2.75, 3.05) is 11.4 Å². The number of aromatic nitrogens is 2. The zero-order chi connectivity index (χ0) is 14.7. The maximum Gasteiger partial charge on any atom is 0.151 e. The Hall–Kier alpha value is -1.94. The highest BCUT2D eigenvalue weighted by atomic mass is 15.2. The van der Waals surface area contributed by atoms with E-state index in [0.717, 1.165) is 24.6 Å². The van der Waals surface area contributed by atoms with Gasteiger partial charge in [0.1, 0.15) is 0 Å². The summed E-state index contributed by atoms with van der Waals surface area (Å²) in [5, 5.41) is 3.48. The van der Waals surface area contributed by atoms with Gasteiger partial charge in [0.25, 0.3) is 0 Å². The van der Waals surface area contributed by atoms with Crippen LogP contribution in [-0.2, 0) is 6.54 Å². The summed E-state index contributed by atoms with van der Waals surface area (Å²) in [6.07, 6.45) is 6.27. The maximum atomic E-state index is 4.75. The molecule has 2 aromatic rings. The Morgan fingerprint density at radius 2 is 2.14 bits per heavy atom. The largest absolute Gasteiger partial charge is 0.325 e. The SMILES string of the molecule is CCN(c1cccc(C)c1)c1cncc(CNC2CC2)n1. The standard InChI is InChI=1S/C17H22N4/c1-3-21(16-6-4-5-13(2)9-16)17-12-18-10-15(20-17)11-19-14-7-8-14/h4-6,9-10,12,14,19H,3,7-8,11H2,1-2H3. The highest BCUT2D eigenvalue weighted by Gasteiger charge is 2.20. The molecule has 21 heavy (non-hydrogen) atoms. The molecule has 1 fully saturated rings. The van der Waals surface area contributed by atoms with Crippen LogP contribution in [0.5, 0.6) is 0 Å². The molecule has 1 aliphatic rings. The van der Waals surface area contributed by atoms with E-state index >= 15 is 0 Å². The van der Waals surface area contributed by atoms with Gasteiger partial charge in [-0.05, 0) is 44.4 Å². The van der Waals surface area contributed by atoms with Gasteiger partial charge >= 0.3 is 0 Å². The van der Waals surface area contributed by atoms with Crippen LogP contribution < -0.4 is 10.2 Å². The number of rotatable bonds is 6.